The highest BCUT2D eigenvalue weighted by Gasteiger charge is 2.20. The molecule has 0 aliphatic carbocycles. The molecule has 0 aromatic carbocycles. The Kier molecular flexibility index (Phi) is 4.09. The minimum Gasteiger partial charge on any atom is -0.492 e. The van der Waals surface area contributed by atoms with Gasteiger partial charge >= 0.3 is 0 Å². The second-order valence-electron chi connectivity index (χ2n) is 4.19. The number of carbonyl (C=O) groups is 1. The van der Waals surface area contributed by atoms with Gasteiger partial charge in [0.25, 0.3) is 5.91 Å². The van der Waals surface area contributed by atoms with Crippen LogP contribution in [-0.4, -0.2) is 18.0 Å². The molecule has 2 aromatic heterocycles. The Labute approximate surface area is 120 Å². The topological polar surface area (TPSA) is 103 Å². The first-order chi connectivity index (χ1) is 9.54. The first kappa shape index (κ1) is 14.1. The van der Waals surface area contributed by atoms with Crippen molar-refractivity contribution < 1.29 is 9.53 Å². The molecule has 0 aliphatic rings. The van der Waals surface area contributed by atoms with E-state index in [1.54, 1.807) is 6.20 Å². The van der Waals surface area contributed by atoms with E-state index in [2.05, 4.69) is 10.3 Å². The van der Waals surface area contributed by atoms with Gasteiger partial charge in [0.1, 0.15) is 15.6 Å². The van der Waals surface area contributed by atoms with Gasteiger partial charge in [0.2, 0.25) is 0 Å². The van der Waals surface area contributed by atoms with Crippen molar-refractivity contribution in [3.8, 4) is 5.75 Å². The fraction of sp³-hybridized carbons (Fsp3) is 0.231. The first-order valence-electron chi connectivity index (χ1n) is 5.95. The zero-order chi connectivity index (χ0) is 14.7. The molecule has 2 heterocycles. The standard InChI is InChI=1S/C13H16N4O2S/c1-7-4-3-5-16-8(7)6-17-13-10(19-2)9(14)11(20-13)12(15)18/h3-5,17H,6,14H2,1-2H3,(H2,15,18). The highest BCUT2D eigenvalue weighted by Crippen LogP contribution is 2.42. The van der Waals surface area contributed by atoms with Crippen LogP contribution in [0.5, 0.6) is 5.75 Å². The van der Waals surface area contributed by atoms with Gasteiger partial charge < -0.3 is 21.5 Å². The van der Waals surface area contributed by atoms with Crippen LogP contribution >= 0.6 is 11.3 Å². The lowest BCUT2D eigenvalue weighted by Gasteiger charge is -2.08. The van der Waals surface area contributed by atoms with Crippen molar-refractivity contribution in [2.24, 2.45) is 5.73 Å². The van der Waals surface area contributed by atoms with Crippen LogP contribution in [0, 0.1) is 6.92 Å². The fourth-order valence-corrected chi connectivity index (χ4v) is 2.74. The van der Waals surface area contributed by atoms with Crippen molar-refractivity contribution in [3.63, 3.8) is 0 Å². The normalized spacial score (nSPS) is 10.3. The highest BCUT2D eigenvalue weighted by molar-refractivity contribution is 7.19. The van der Waals surface area contributed by atoms with Gasteiger partial charge in [0.05, 0.1) is 19.3 Å². The van der Waals surface area contributed by atoms with Gasteiger partial charge in [0.15, 0.2) is 5.75 Å². The number of aromatic nitrogens is 1. The number of nitrogens with one attached hydrogen (secondary N) is 1. The number of primary amides is 1. The van der Waals surface area contributed by atoms with Gasteiger partial charge in [-0.25, -0.2) is 0 Å². The molecule has 0 bridgehead atoms. The lowest BCUT2D eigenvalue weighted by molar-refractivity contribution is 0.100. The summed E-state index contributed by atoms with van der Waals surface area (Å²) in [6, 6.07) is 3.87. The molecule has 5 N–H and O–H groups in total. The van der Waals surface area contributed by atoms with Gasteiger partial charge in [-0.2, -0.15) is 0 Å². The number of methoxy groups -OCH3 is 1. The van der Waals surface area contributed by atoms with E-state index in [1.165, 1.54) is 18.4 Å². The minimum atomic E-state index is -0.562. The van der Waals surface area contributed by atoms with Crippen molar-refractivity contribution in [1.29, 1.82) is 0 Å². The van der Waals surface area contributed by atoms with Crippen molar-refractivity contribution in [1.82, 2.24) is 4.98 Å². The van der Waals surface area contributed by atoms with E-state index in [0.29, 0.717) is 22.2 Å². The number of rotatable bonds is 5. The molecule has 0 saturated carbocycles. The number of anilines is 2. The number of nitrogens with zero attached hydrogens (tertiary/aromatic N) is 1. The van der Waals surface area contributed by atoms with Crippen LogP contribution in [0.1, 0.15) is 20.9 Å². The number of aryl methyl sites for hydroxylation is 1. The molecule has 20 heavy (non-hydrogen) atoms. The summed E-state index contributed by atoms with van der Waals surface area (Å²) in [5, 5.41) is 3.85. The Morgan fingerprint density at radius 2 is 2.30 bits per heavy atom. The molecule has 0 fully saturated rings. The molecular formula is C13H16N4O2S. The summed E-state index contributed by atoms with van der Waals surface area (Å²) < 4.78 is 5.22. The summed E-state index contributed by atoms with van der Waals surface area (Å²) in [7, 11) is 1.50. The zero-order valence-electron chi connectivity index (χ0n) is 11.3. The first-order valence-corrected chi connectivity index (χ1v) is 6.76. The van der Waals surface area contributed by atoms with E-state index in [4.69, 9.17) is 16.2 Å². The highest BCUT2D eigenvalue weighted by atomic mass is 32.1. The molecule has 7 heteroatoms. The third-order valence-electron chi connectivity index (χ3n) is 2.86. The predicted octanol–water partition coefficient (Wildman–Crippen LogP) is 1.75. The number of carbonyl (C=O) groups excluding carboxylic acids is 1. The molecule has 6 nitrogen and oxygen atoms in total. The molecule has 2 aromatic rings. The van der Waals surface area contributed by atoms with Crippen molar-refractivity contribution in [2.75, 3.05) is 18.2 Å². The summed E-state index contributed by atoms with van der Waals surface area (Å²) >= 11 is 1.18. The third-order valence-corrected chi connectivity index (χ3v) is 4.02. The van der Waals surface area contributed by atoms with Gasteiger partial charge in [-0.3, -0.25) is 9.78 Å². The van der Waals surface area contributed by atoms with Crippen LogP contribution in [-0.2, 0) is 6.54 Å². The molecule has 106 valence electrons. The van der Waals surface area contributed by atoms with Crippen molar-refractivity contribution >= 4 is 27.9 Å². The number of thiophene rings is 1. The Morgan fingerprint density at radius 1 is 1.55 bits per heavy atom. The second kappa shape index (κ2) is 5.79. The molecule has 2 rings (SSSR count). The van der Waals surface area contributed by atoms with Crippen molar-refractivity contribution in [2.45, 2.75) is 13.5 Å². The predicted molar refractivity (Wildman–Crippen MR) is 80.1 cm³/mol. The number of nitrogen functional groups attached to an aromatic ring is 1. The number of nitrogens with two attached hydrogens (primary N) is 2. The SMILES string of the molecule is COc1c(NCc2ncccc2C)sc(C(N)=O)c1N. The van der Waals surface area contributed by atoms with Crippen LogP contribution in [0.4, 0.5) is 10.7 Å². The Balaban J connectivity index is 2.24. The van der Waals surface area contributed by atoms with Crippen LogP contribution in [0.2, 0.25) is 0 Å². The Morgan fingerprint density at radius 3 is 2.90 bits per heavy atom. The van der Waals surface area contributed by atoms with Gasteiger partial charge in [-0.15, -0.1) is 11.3 Å². The maximum atomic E-state index is 11.3. The van der Waals surface area contributed by atoms with E-state index >= 15 is 0 Å². The Bertz CT molecular complexity index is 639. The maximum Gasteiger partial charge on any atom is 0.261 e. The average molecular weight is 292 g/mol. The minimum absolute atomic E-state index is 0.269. The zero-order valence-corrected chi connectivity index (χ0v) is 12.1. The molecule has 0 spiro atoms. The average Bonchev–Trinajstić information content (AvgIpc) is 2.74. The van der Waals surface area contributed by atoms with Gasteiger partial charge in [-0.05, 0) is 18.6 Å². The van der Waals surface area contributed by atoms with Crippen LogP contribution in [0.3, 0.4) is 0 Å². The van der Waals surface area contributed by atoms with Gasteiger partial charge in [-0.1, -0.05) is 6.07 Å². The molecule has 0 saturated heterocycles. The maximum absolute atomic E-state index is 11.3. The monoisotopic (exact) mass is 292 g/mol. The second-order valence-corrected chi connectivity index (χ2v) is 5.21. The van der Waals surface area contributed by atoms with Crippen LogP contribution in [0.15, 0.2) is 18.3 Å². The summed E-state index contributed by atoms with van der Waals surface area (Å²) in [6.07, 6.45) is 1.73. The number of pyridine rings is 1. The lowest BCUT2D eigenvalue weighted by Crippen LogP contribution is -2.10. The third kappa shape index (κ3) is 2.67. The molecule has 0 aliphatic heterocycles. The van der Waals surface area contributed by atoms with E-state index in [9.17, 15) is 4.79 Å². The number of hydrogen-bond donors (Lipinski definition) is 3. The molecular weight excluding hydrogens is 276 g/mol. The van der Waals surface area contributed by atoms with Crippen LogP contribution in [0.25, 0.3) is 0 Å². The smallest absolute Gasteiger partial charge is 0.261 e. The summed E-state index contributed by atoms with van der Waals surface area (Å²) in [5.41, 5.74) is 13.4. The summed E-state index contributed by atoms with van der Waals surface area (Å²) in [5.74, 6) is -0.120. The fourth-order valence-electron chi connectivity index (χ4n) is 1.80. The van der Waals surface area contributed by atoms with Gasteiger partial charge in [0, 0.05) is 6.20 Å². The number of ether oxygens (including phenoxy) is 1. The summed E-state index contributed by atoms with van der Waals surface area (Å²) in [4.78, 5) is 15.9. The molecule has 1 amide bonds. The van der Waals surface area contributed by atoms with E-state index in [-0.39, 0.29) is 5.69 Å². The van der Waals surface area contributed by atoms with E-state index in [0.717, 1.165) is 11.3 Å². The van der Waals surface area contributed by atoms with Crippen LogP contribution < -0.4 is 21.5 Å². The molecule has 0 radical (unpaired) electrons. The number of hydrogen-bond acceptors (Lipinski definition) is 6. The lowest BCUT2D eigenvalue weighted by atomic mass is 10.2. The largest absolute Gasteiger partial charge is 0.492 e. The van der Waals surface area contributed by atoms with E-state index in [1.807, 2.05) is 19.1 Å². The van der Waals surface area contributed by atoms with E-state index < -0.39 is 5.91 Å². The summed E-state index contributed by atoms with van der Waals surface area (Å²) in [6.45, 7) is 2.50. The molecule has 0 atom stereocenters. The Hall–Kier alpha value is -2.28. The molecule has 0 unspecified atom stereocenters. The van der Waals surface area contributed by atoms with Crippen molar-refractivity contribution in [3.05, 3.63) is 34.5 Å². The number of amides is 1. The quantitative estimate of drug-likeness (QED) is 0.779.